The molecular formula is C12H19ClN4O2. The molecule has 0 unspecified atom stereocenters. The van der Waals surface area contributed by atoms with Gasteiger partial charge in [-0.05, 0) is 12.8 Å². The molecule has 0 atom stereocenters. The topological polar surface area (TPSA) is 76.0 Å². The van der Waals surface area contributed by atoms with E-state index in [-0.39, 0.29) is 23.0 Å². The molecule has 1 heterocycles. The Morgan fingerprint density at radius 2 is 2.21 bits per heavy atom. The minimum Gasteiger partial charge on any atom is -0.373 e. The van der Waals surface area contributed by atoms with Crippen LogP contribution in [0.2, 0.25) is 5.02 Å². The molecule has 1 amide bonds. The molecule has 0 aromatic carbocycles. The van der Waals surface area contributed by atoms with Crippen LogP contribution in [0.4, 0.5) is 5.69 Å². The first-order valence-corrected chi connectivity index (χ1v) is 6.59. The quantitative estimate of drug-likeness (QED) is 0.821. The molecule has 6 nitrogen and oxygen atoms in total. The number of anilines is 1. The van der Waals surface area contributed by atoms with Gasteiger partial charge >= 0.3 is 0 Å². The molecule has 1 aromatic heterocycles. The lowest BCUT2D eigenvalue weighted by Crippen LogP contribution is -2.33. The SMILES string of the molecule is CCn1ncc(NCC(=O)NCC(C)C)c(Cl)c1=O. The van der Waals surface area contributed by atoms with Crippen molar-refractivity contribution in [2.45, 2.75) is 27.3 Å². The molecule has 0 saturated heterocycles. The van der Waals surface area contributed by atoms with Gasteiger partial charge in [0.1, 0.15) is 5.02 Å². The minimum atomic E-state index is -0.364. The van der Waals surface area contributed by atoms with Gasteiger partial charge in [-0.15, -0.1) is 0 Å². The summed E-state index contributed by atoms with van der Waals surface area (Å²) in [6.07, 6.45) is 1.45. The van der Waals surface area contributed by atoms with Crippen molar-refractivity contribution in [1.82, 2.24) is 15.1 Å². The Bertz CT molecular complexity index is 499. The number of rotatable bonds is 6. The van der Waals surface area contributed by atoms with Gasteiger partial charge in [-0.3, -0.25) is 9.59 Å². The molecule has 1 aromatic rings. The van der Waals surface area contributed by atoms with Gasteiger partial charge in [0.05, 0.1) is 18.4 Å². The Kier molecular flexibility index (Phi) is 5.82. The van der Waals surface area contributed by atoms with Crippen LogP contribution in [0.25, 0.3) is 0 Å². The summed E-state index contributed by atoms with van der Waals surface area (Å²) in [5.41, 5.74) is 0.00724. The Balaban J connectivity index is 2.61. The van der Waals surface area contributed by atoms with Gasteiger partial charge < -0.3 is 10.6 Å². The van der Waals surface area contributed by atoms with Gasteiger partial charge in [0.15, 0.2) is 0 Å². The highest BCUT2D eigenvalue weighted by Crippen LogP contribution is 2.14. The van der Waals surface area contributed by atoms with E-state index in [0.717, 1.165) is 0 Å². The number of nitrogens with one attached hydrogen (secondary N) is 2. The summed E-state index contributed by atoms with van der Waals surface area (Å²) in [5, 5.41) is 9.55. The highest BCUT2D eigenvalue weighted by molar-refractivity contribution is 6.33. The van der Waals surface area contributed by atoms with E-state index in [1.807, 2.05) is 13.8 Å². The fraction of sp³-hybridized carbons (Fsp3) is 0.583. The number of aryl methyl sites for hydroxylation is 1. The van der Waals surface area contributed by atoms with Crippen LogP contribution >= 0.6 is 11.6 Å². The zero-order valence-electron chi connectivity index (χ0n) is 11.4. The zero-order chi connectivity index (χ0) is 14.4. The second-order valence-corrected chi connectivity index (χ2v) is 4.92. The molecule has 0 spiro atoms. The van der Waals surface area contributed by atoms with Crippen molar-refractivity contribution in [2.75, 3.05) is 18.4 Å². The van der Waals surface area contributed by atoms with Crippen LogP contribution in [0.1, 0.15) is 20.8 Å². The first-order chi connectivity index (χ1) is 8.95. The monoisotopic (exact) mass is 286 g/mol. The van der Waals surface area contributed by atoms with Crippen molar-refractivity contribution in [1.29, 1.82) is 0 Å². The van der Waals surface area contributed by atoms with Crippen molar-refractivity contribution < 1.29 is 4.79 Å². The number of hydrogen-bond donors (Lipinski definition) is 2. The average Bonchev–Trinajstić information content (AvgIpc) is 2.38. The Morgan fingerprint density at radius 1 is 1.53 bits per heavy atom. The summed E-state index contributed by atoms with van der Waals surface area (Å²) >= 11 is 5.92. The molecule has 0 saturated carbocycles. The normalized spacial score (nSPS) is 10.6. The third-order valence-corrected chi connectivity index (χ3v) is 2.80. The zero-order valence-corrected chi connectivity index (χ0v) is 12.1. The molecule has 7 heteroatoms. The first kappa shape index (κ1) is 15.5. The molecule has 2 N–H and O–H groups in total. The molecule has 19 heavy (non-hydrogen) atoms. The lowest BCUT2D eigenvalue weighted by Gasteiger charge is -2.10. The van der Waals surface area contributed by atoms with Crippen molar-refractivity contribution in [3.05, 3.63) is 21.6 Å². The Labute approximate surface area is 117 Å². The third-order valence-electron chi connectivity index (χ3n) is 2.43. The Hall–Kier alpha value is -1.56. The summed E-state index contributed by atoms with van der Waals surface area (Å²) in [4.78, 5) is 23.2. The van der Waals surface area contributed by atoms with Crippen molar-refractivity contribution in [3.8, 4) is 0 Å². The molecule has 0 fully saturated rings. The highest BCUT2D eigenvalue weighted by Gasteiger charge is 2.09. The van der Waals surface area contributed by atoms with Gasteiger partial charge in [0.2, 0.25) is 5.91 Å². The molecule has 0 bridgehead atoms. The van der Waals surface area contributed by atoms with E-state index in [1.165, 1.54) is 10.9 Å². The average molecular weight is 287 g/mol. The molecule has 0 radical (unpaired) electrons. The number of aromatic nitrogens is 2. The van der Waals surface area contributed by atoms with Crippen LogP contribution in [0.5, 0.6) is 0 Å². The molecule has 0 aliphatic carbocycles. The van der Waals surface area contributed by atoms with Crippen molar-refractivity contribution in [3.63, 3.8) is 0 Å². The van der Waals surface area contributed by atoms with E-state index >= 15 is 0 Å². The second-order valence-electron chi connectivity index (χ2n) is 4.54. The number of hydrogen-bond acceptors (Lipinski definition) is 4. The standard InChI is InChI=1S/C12H19ClN4O2/c1-4-17-12(19)11(13)9(6-16-17)14-7-10(18)15-5-8(2)3/h6,8,14H,4-5,7H2,1-3H3,(H,15,18). The van der Waals surface area contributed by atoms with E-state index in [2.05, 4.69) is 15.7 Å². The third kappa shape index (κ3) is 4.55. The van der Waals surface area contributed by atoms with Crippen LogP contribution in [-0.4, -0.2) is 28.8 Å². The van der Waals surface area contributed by atoms with Gasteiger partial charge in [-0.2, -0.15) is 5.10 Å². The van der Waals surface area contributed by atoms with Crippen molar-refractivity contribution >= 4 is 23.2 Å². The van der Waals surface area contributed by atoms with Gasteiger partial charge in [-0.1, -0.05) is 25.4 Å². The Morgan fingerprint density at radius 3 is 2.79 bits per heavy atom. The lowest BCUT2D eigenvalue weighted by atomic mass is 10.2. The number of halogens is 1. The summed E-state index contributed by atoms with van der Waals surface area (Å²) in [7, 11) is 0. The van der Waals surface area contributed by atoms with E-state index in [0.29, 0.717) is 24.7 Å². The summed E-state index contributed by atoms with van der Waals surface area (Å²) in [6, 6.07) is 0. The van der Waals surface area contributed by atoms with E-state index in [4.69, 9.17) is 11.6 Å². The fourth-order valence-electron chi connectivity index (χ4n) is 1.37. The maximum Gasteiger partial charge on any atom is 0.287 e. The maximum absolute atomic E-state index is 11.7. The van der Waals surface area contributed by atoms with Gasteiger partial charge in [0, 0.05) is 13.1 Å². The minimum absolute atomic E-state index is 0.0495. The molecule has 106 valence electrons. The lowest BCUT2D eigenvalue weighted by molar-refractivity contribution is -0.119. The number of carbonyl (C=O) groups is 1. The maximum atomic E-state index is 11.7. The largest absolute Gasteiger partial charge is 0.373 e. The highest BCUT2D eigenvalue weighted by atomic mass is 35.5. The van der Waals surface area contributed by atoms with Crippen LogP contribution in [0, 0.1) is 5.92 Å². The second kappa shape index (κ2) is 7.13. The number of carbonyl (C=O) groups excluding carboxylic acids is 1. The van der Waals surface area contributed by atoms with Crippen molar-refractivity contribution in [2.24, 2.45) is 5.92 Å². The molecular weight excluding hydrogens is 268 g/mol. The molecule has 1 rings (SSSR count). The van der Waals surface area contributed by atoms with Crippen LogP contribution < -0.4 is 16.2 Å². The van der Waals surface area contributed by atoms with Crippen LogP contribution in [0.15, 0.2) is 11.0 Å². The predicted octanol–water partition coefficient (Wildman–Crippen LogP) is 1.10. The van der Waals surface area contributed by atoms with Gasteiger partial charge in [0.25, 0.3) is 5.56 Å². The van der Waals surface area contributed by atoms with Gasteiger partial charge in [-0.25, -0.2) is 4.68 Å². The summed E-state index contributed by atoms with van der Waals surface area (Å²) in [6.45, 7) is 6.95. The van der Waals surface area contributed by atoms with E-state index in [9.17, 15) is 9.59 Å². The van der Waals surface area contributed by atoms with Crippen LogP contribution in [0.3, 0.4) is 0 Å². The van der Waals surface area contributed by atoms with E-state index in [1.54, 1.807) is 6.92 Å². The summed E-state index contributed by atoms with van der Waals surface area (Å²) in [5.74, 6) is 0.243. The fourth-order valence-corrected chi connectivity index (χ4v) is 1.58. The molecule has 0 aliphatic rings. The molecule has 0 aliphatic heterocycles. The smallest absolute Gasteiger partial charge is 0.287 e. The number of amides is 1. The number of nitrogens with zero attached hydrogens (tertiary/aromatic N) is 2. The first-order valence-electron chi connectivity index (χ1n) is 6.21. The predicted molar refractivity (Wildman–Crippen MR) is 75.5 cm³/mol. The van der Waals surface area contributed by atoms with Crippen LogP contribution in [-0.2, 0) is 11.3 Å². The van der Waals surface area contributed by atoms with E-state index < -0.39 is 0 Å². The summed E-state index contributed by atoms with van der Waals surface area (Å²) < 4.78 is 1.26.